The Morgan fingerprint density at radius 2 is 1.77 bits per heavy atom. The predicted molar refractivity (Wildman–Crippen MR) is 123 cm³/mol. The molecular weight excluding hydrogens is 368 g/mol. The summed E-state index contributed by atoms with van der Waals surface area (Å²) in [5, 5.41) is 0. The van der Waals surface area contributed by atoms with E-state index in [1.807, 2.05) is 7.11 Å². The normalized spacial score (nSPS) is 52.9. The molecule has 172 valence electrons. The Morgan fingerprint density at radius 3 is 2.50 bits per heavy atom. The van der Waals surface area contributed by atoms with Crippen molar-refractivity contribution in [1.29, 1.82) is 0 Å². The molecule has 4 saturated carbocycles. The number of fused-ring (bicyclic) bond motifs is 4. The van der Waals surface area contributed by atoms with E-state index in [4.69, 9.17) is 9.47 Å². The number of rotatable bonds is 6. The highest BCUT2D eigenvalue weighted by molar-refractivity contribution is 5.24. The molecule has 0 aromatic carbocycles. The van der Waals surface area contributed by atoms with E-state index in [0.717, 1.165) is 41.9 Å². The minimum Gasteiger partial charge on any atom is -0.381 e. The van der Waals surface area contributed by atoms with Crippen LogP contribution in [0, 0.1) is 46.3 Å². The summed E-state index contributed by atoms with van der Waals surface area (Å²) in [4.78, 5) is 0. The summed E-state index contributed by atoms with van der Waals surface area (Å²) in [6, 6.07) is 0. The Balaban J connectivity index is 1.32. The summed E-state index contributed by atoms with van der Waals surface area (Å²) in [5.74, 6) is 5.48. The van der Waals surface area contributed by atoms with E-state index < -0.39 is 0 Å². The highest BCUT2D eigenvalue weighted by atomic mass is 16.6. The maximum absolute atomic E-state index is 6.65. The van der Waals surface area contributed by atoms with Crippen molar-refractivity contribution in [2.75, 3.05) is 7.11 Å². The van der Waals surface area contributed by atoms with Gasteiger partial charge < -0.3 is 9.47 Å². The van der Waals surface area contributed by atoms with E-state index >= 15 is 0 Å². The maximum atomic E-state index is 6.65. The summed E-state index contributed by atoms with van der Waals surface area (Å²) in [6.07, 6.45) is 16.2. The van der Waals surface area contributed by atoms with Gasteiger partial charge in [0.1, 0.15) is 5.60 Å². The lowest BCUT2D eigenvalue weighted by Gasteiger charge is -2.59. The molecule has 2 nitrogen and oxygen atoms in total. The zero-order valence-corrected chi connectivity index (χ0v) is 20.7. The van der Waals surface area contributed by atoms with Crippen LogP contribution in [0.1, 0.15) is 105 Å². The average molecular weight is 417 g/mol. The van der Waals surface area contributed by atoms with E-state index in [-0.39, 0.29) is 5.60 Å². The monoisotopic (exact) mass is 416 g/mol. The second-order valence-corrected chi connectivity index (χ2v) is 13.2. The fraction of sp³-hybridized carbons (Fsp3) is 1.00. The van der Waals surface area contributed by atoms with Gasteiger partial charge in [0.2, 0.25) is 0 Å². The van der Waals surface area contributed by atoms with Crippen molar-refractivity contribution in [2.45, 2.75) is 123 Å². The van der Waals surface area contributed by atoms with Crippen molar-refractivity contribution in [3.8, 4) is 0 Å². The molecule has 0 aromatic heterocycles. The zero-order valence-electron chi connectivity index (χ0n) is 20.7. The van der Waals surface area contributed by atoms with Crippen LogP contribution >= 0.6 is 0 Å². The molecule has 30 heavy (non-hydrogen) atoms. The molecule has 5 fully saturated rings. The summed E-state index contributed by atoms with van der Waals surface area (Å²) in [6.45, 7) is 12.7. The minimum absolute atomic E-state index is 0.170. The number of methoxy groups -OCH3 is 1. The van der Waals surface area contributed by atoms with Crippen molar-refractivity contribution >= 4 is 0 Å². The molecule has 4 aliphatic carbocycles. The van der Waals surface area contributed by atoms with Crippen LogP contribution < -0.4 is 0 Å². The van der Waals surface area contributed by atoms with E-state index in [9.17, 15) is 0 Å². The first kappa shape index (κ1) is 21.7. The molecule has 0 radical (unpaired) electrons. The Labute approximate surface area is 186 Å². The van der Waals surface area contributed by atoms with Gasteiger partial charge in [0, 0.05) is 18.9 Å². The summed E-state index contributed by atoms with van der Waals surface area (Å²) < 4.78 is 12.5. The SMILES string of the molecule is CO[C@H]1CC[C@]2(C)[C@@H]3CC[C@@]4(C)[C@H](CC[C@H]4[C@H](C)CCCC(C)C)[C@H]3C[C@@H]3O[C@@]32C1. The lowest BCUT2D eigenvalue weighted by molar-refractivity contribution is -0.121. The Kier molecular flexibility index (Phi) is 5.42. The van der Waals surface area contributed by atoms with Crippen molar-refractivity contribution in [1.82, 2.24) is 0 Å². The molecule has 5 aliphatic rings. The standard InChI is InChI=1S/C28H48O2/c1-18(2)8-7-9-19(3)22-10-11-23-21-16-25-28(30-25)17-20(29-6)12-15-27(28,5)24(21)13-14-26(22,23)4/h18-25H,7-17H2,1-6H3/t19-,20+,21-,22+,23-,24-,25+,26-,27-,28+/m1/s1. The molecule has 0 amide bonds. The number of epoxide rings is 1. The van der Waals surface area contributed by atoms with Crippen molar-refractivity contribution in [3.05, 3.63) is 0 Å². The molecule has 0 N–H and O–H groups in total. The van der Waals surface area contributed by atoms with Gasteiger partial charge in [-0.25, -0.2) is 0 Å². The smallest absolute Gasteiger partial charge is 0.103 e. The van der Waals surface area contributed by atoms with E-state index in [0.29, 0.717) is 23.0 Å². The topological polar surface area (TPSA) is 21.8 Å². The molecule has 0 bridgehead atoms. The second-order valence-electron chi connectivity index (χ2n) is 13.2. The molecule has 10 atom stereocenters. The molecule has 0 unspecified atom stereocenters. The van der Waals surface area contributed by atoms with Crippen LogP contribution in [0.3, 0.4) is 0 Å². The molecule has 0 aromatic rings. The molecule has 1 spiro atoms. The molecule has 1 saturated heterocycles. The van der Waals surface area contributed by atoms with Gasteiger partial charge in [0.15, 0.2) is 0 Å². The van der Waals surface area contributed by atoms with Gasteiger partial charge in [-0.05, 0) is 85.9 Å². The Hall–Kier alpha value is -0.0800. The highest BCUT2D eigenvalue weighted by Crippen LogP contribution is 2.74. The number of hydrogen-bond donors (Lipinski definition) is 0. The molecule has 1 aliphatic heterocycles. The van der Waals surface area contributed by atoms with Crippen LogP contribution in [-0.4, -0.2) is 24.9 Å². The predicted octanol–water partition coefficient (Wildman–Crippen LogP) is 7.25. The quantitative estimate of drug-likeness (QED) is 0.425. The van der Waals surface area contributed by atoms with Gasteiger partial charge in [0.05, 0.1) is 12.2 Å². The Bertz CT molecular complexity index is 645. The Morgan fingerprint density at radius 1 is 0.967 bits per heavy atom. The number of hydrogen-bond acceptors (Lipinski definition) is 2. The van der Waals surface area contributed by atoms with Crippen molar-refractivity contribution in [2.24, 2.45) is 46.3 Å². The van der Waals surface area contributed by atoms with E-state index in [1.165, 1.54) is 64.2 Å². The summed E-state index contributed by atoms with van der Waals surface area (Å²) in [5.41, 5.74) is 1.16. The first-order valence-corrected chi connectivity index (χ1v) is 13.5. The lowest BCUT2D eigenvalue weighted by Crippen LogP contribution is -2.58. The van der Waals surface area contributed by atoms with E-state index in [1.54, 1.807) is 0 Å². The van der Waals surface area contributed by atoms with E-state index in [2.05, 4.69) is 34.6 Å². The van der Waals surface area contributed by atoms with Crippen LogP contribution in [0.15, 0.2) is 0 Å². The van der Waals surface area contributed by atoms with Gasteiger partial charge in [-0.1, -0.05) is 53.9 Å². The molecular formula is C28H48O2. The maximum Gasteiger partial charge on any atom is 0.103 e. The molecule has 2 heteroatoms. The fourth-order valence-electron chi connectivity index (χ4n) is 9.87. The van der Waals surface area contributed by atoms with Crippen LogP contribution in [0.2, 0.25) is 0 Å². The van der Waals surface area contributed by atoms with Gasteiger partial charge in [-0.15, -0.1) is 0 Å². The highest BCUT2D eigenvalue weighted by Gasteiger charge is 2.76. The minimum atomic E-state index is 0.170. The van der Waals surface area contributed by atoms with Gasteiger partial charge in [-0.3, -0.25) is 0 Å². The average Bonchev–Trinajstić information content (AvgIpc) is 3.28. The lowest BCUT2D eigenvalue weighted by atomic mass is 9.44. The first-order chi connectivity index (χ1) is 14.2. The molecule has 1 heterocycles. The third kappa shape index (κ3) is 3.01. The van der Waals surface area contributed by atoms with Crippen LogP contribution in [-0.2, 0) is 9.47 Å². The number of ether oxygens (including phenoxy) is 2. The van der Waals surface area contributed by atoms with Crippen molar-refractivity contribution in [3.63, 3.8) is 0 Å². The van der Waals surface area contributed by atoms with Crippen LogP contribution in [0.5, 0.6) is 0 Å². The summed E-state index contributed by atoms with van der Waals surface area (Å²) in [7, 11) is 1.90. The third-order valence-corrected chi connectivity index (χ3v) is 11.6. The molecule has 5 rings (SSSR count). The third-order valence-electron chi connectivity index (χ3n) is 11.6. The fourth-order valence-corrected chi connectivity index (χ4v) is 9.87. The van der Waals surface area contributed by atoms with Gasteiger partial charge in [-0.2, -0.15) is 0 Å². The van der Waals surface area contributed by atoms with Gasteiger partial charge >= 0.3 is 0 Å². The second kappa shape index (κ2) is 7.47. The van der Waals surface area contributed by atoms with Gasteiger partial charge in [0.25, 0.3) is 0 Å². The largest absolute Gasteiger partial charge is 0.381 e. The van der Waals surface area contributed by atoms with Crippen molar-refractivity contribution < 1.29 is 9.47 Å². The van der Waals surface area contributed by atoms with Crippen LogP contribution in [0.4, 0.5) is 0 Å². The van der Waals surface area contributed by atoms with Crippen LogP contribution in [0.25, 0.3) is 0 Å². The first-order valence-electron chi connectivity index (χ1n) is 13.5. The zero-order chi connectivity index (χ0) is 21.3. The summed E-state index contributed by atoms with van der Waals surface area (Å²) >= 11 is 0.